The number of benzene rings is 1. The predicted octanol–water partition coefficient (Wildman–Crippen LogP) is 2.22. The van der Waals surface area contributed by atoms with E-state index in [0.29, 0.717) is 17.9 Å². The lowest BCUT2D eigenvalue weighted by Gasteiger charge is -2.33. The Labute approximate surface area is 118 Å². The molecule has 0 aromatic heterocycles. The van der Waals surface area contributed by atoms with Gasteiger partial charge in [-0.1, -0.05) is 30.3 Å². The maximum atomic E-state index is 12.2. The summed E-state index contributed by atoms with van der Waals surface area (Å²) in [6, 6.07) is 8.69. The summed E-state index contributed by atoms with van der Waals surface area (Å²) in [5.41, 5.74) is 1.94. The standard InChI is InChI=1S/C15H18N2O3/c1-4-20-14(18)12-10(2)17(3)15(19)16-13(12)11-8-6-5-7-9-11/h5-9,13H,4H2,1-3H3,(H,16,19)/t13-/m1/s1. The van der Waals surface area contributed by atoms with E-state index >= 15 is 0 Å². The molecule has 1 aromatic carbocycles. The average Bonchev–Trinajstić information content (AvgIpc) is 2.45. The SMILES string of the molecule is CCOC(=O)C1=C(C)N(C)C(=O)N[C@@H]1c1ccccc1. The zero-order chi connectivity index (χ0) is 14.7. The molecule has 2 rings (SSSR count). The second-order valence-electron chi connectivity index (χ2n) is 4.57. The van der Waals surface area contributed by atoms with Crippen molar-refractivity contribution in [1.82, 2.24) is 10.2 Å². The molecule has 0 fully saturated rings. The van der Waals surface area contributed by atoms with Crippen LogP contribution in [0.1, 0.15) is 25.5 Å². The van der Waals surface area contributed by atoms with Crippen molar-refractivity contribution in [2.24, 2.45) is 0 Å². The Kier molecular flexibility index (Phi) is 4.08. The number of nitrogens with zero attached hydrogens (tertiary/aromatic N) is 1. The molecule has 106 valence electrons. The summed E-state index contributed by atoms with van der Waals surface area (Å²) >= 11 is 0. The molecule has 0 aliphatic carbocycles. The Morgan fingerprint density at radius 2 is 2.00 bits per heavy atom. The molecule has 1 aliphatic rings. The summed E-state index contributed by atoms with van der Waals surface area (Å²) in [6.45, 7) is 3.81. The minimum atomic E-state index is -0.473. The number of esters is 1. The highest BCUT2D eigenvalue weighted by atomic mass is 16.5. The lowest BCUT2D eigenvalue weighted by atomic mass is 9.95. The maximum Gasteiger partial charge on any atom is 0.338 e. The van der Waals surface area contributed by atoms with Gasteiger partial charge in [0.15, 0.2) is 0 Å². The van der Waals surface area contributed by atoms with Crippen LogP contribution in [0.25, 0.3) is 0 Å². The van der Waals surface area contributed by atoms with E-state index in [2.05, 4.69) is 5.32 Å². The second-order valence-corrected chi connectivity index (χ2v) is 4.57. The predicted molar refractivity (Wildman–Crippen MR) is 74.8 cm³/mol. The molecule has 1 atom stereocenters. The van der Waals surface area contributed by atoms with Gasteiger partial charge < -0.3 is 15.0 Å². The van der Waals surface area contributed by atoms with Crippen LogP contribution in [0.15, 0.2) is 41.6 Å². The first-order valence-electron chi connectivity index (χ1n) is 6.53. The summed E-state index contributed by atoms with van der Waals surface area (Å²) in [6.07, 6.45) is 0. The number of amides is 2. The van der Waals surface area contributed by atoms with Gasteiger partial charge in [0.25, 0.3) is 0 Å². The van der Waals surface area contributed by atoms with Crippen LogP contribution in [0.5, 0.6) is 0 Å². The minimum absolute atomic E-state index is 0.232. The van der Waals surface area contributed by atoms with Gasteiger partial charge in [0.1, 0.15) is 0 Å². The van der Waals surface area contributed by atoms with Crippen molar-refractivity contribution >= 4 is 12.0 Å². The summed E-state index contributed by atoms with van der Waals surface area (Å²) in [7, 11) is 1.63. The van der Waals surface area contributed by atoms with E-state index in [4.69, 9.17) is 4.74 Å². The molecule has 2 amide bonds. The van der Waals surface area contributed by atoms with Crippen LogP contribution in [-0.2, 0) is 9.53 Å². The second kappa shape index (κ2) is 5.77. The topological polar surface area (TPSA) is 58.6 Å². The zero-order valence-corrected chi connectivity index (χ0v) is 11.8. The van der Waals surface area contributed by atoms with Crippen LogP contribution in [0.3, 0.4) is 0 Å². The number of ether oxygens (including phenoxy) is 1. The highest BCUT2D eigenvalue weighted by molar-refractivity contribution is 5.94. The maximum absolute atomic E-state index is 12.2. The van der Waals surface area contributed by atoms with Crippen molar-refractivity contribution in [2.45, 2.75) is 19.9 Å². The van der Waals surface area contributed by atoms with Gasteiger partial charge >= 0.3 is 12.0 Å². The molecule has 0 bridgehead atoms. The quantitative estimate of drug-likeness (QED) is 0.860. The Morgan fingerprint density at radius 3 is 2.60 bits per heavy atom. The number of hydrogen-bond acceptors (Lipinski definition) is 3. The third kappa shape index (κ3) is 2.52. The van der Waals surface area contributed by atoms with Crippen molar-refractivity contribution in [3.05, 3.63) is 47.2 Å². The van der Waals surface area contributed by atoms with Crippen LogP contribution in [0.4, 0.5) is 4.79 Å². The molecule has 1 N–H and O–H groups in total. The Bertz CT molecular complexity index is 551. The molecule has 0 unspecified atom stereocenters. The normalized spacial score (nSPS) is 18.9. The van der Waals surface area contributed by atoms with Gasteiger partial charge in [-0.25, -0.2) is 9.59 Å². The molecular weight excluding hydrogens is 256 g/mol. The van der Waals surface area contributed by atoms with E-state index in [-0.39, 0.29) is 6.03 Å². The Morgan fingerprint density at radius 1 is 1.35 bits per heavy atom. The first kappa shape index (κ1) is 14.1. The van der Waals surface area contributed by atoms with E-state index in [0.717, 1.165) is 5.56 Å². The fraction of sp³-hybridized carbons (Fsp3) is 0.333. The molecule has 0 radical (unpaired) electrons. The minimum Gasteiger partial charge on any atom is -0.463 e. The average molecular weight is 274 g/mol. The van der Waals surface area contributed by atoms with Crippen LogP contribution < -0.4 is 5.32 Å². The molecule has 1 aromatic rings. The molecule has 5 nitrogen and oxygen atoms in total. The van der Waals surface area contributed by atoms with Crippen molar-refractivity contribution in [1.29, 1.82) is 0 Å². The van der Waals surface area contributed by atoms with Gasteiger partial charge in [-0.05, 0) is 19.4 Å². The third-order valence-corrected chi connectivity index (χ3v) is 3.38. The fourth-order valence-electron chi connectivity index (χ4n) is 2.20. The first-order chi connectivity index (χ1) is 9.56. The van der Waals surface area contributed by atoms with Crippen molar-refractivity contribution in [3.63, 3.8) is 0 Å². The summed E-state index contributed by atoms with van der Waals surface area (Å²) in [4.78, 5) is 25.6. The smallest absolute Gasteiger partial charge is 0.338 e. The van der Waals surface area contributed by atoms with Crippen molar-refractivity contribution < 1.29 is 14.3 Å². The van der Waals surface area contributed by atoms with Gasteiger partial charge in [-0.15, -0.1) is 0 Å². The van der Waals surface area contributed by atoms with E-state index in [1.54, 1.807) is 20.9 Å². The van der Waals surface area contributed by atoms with Gasteiger partial charge in [0.05, 0.1) is 18.2 Å². The van der Waals surface area contributed by atoms with E-state index in [9.17, 15) is 9.59 Å². The number of carbonyl (C=O) groups excluding carboxylic acids is 2. The van der Waals surface area contributed by atoms with Crippen molar-refractivity contribution in [3.8, 4) is 0 Å². The van der Waals surface area contributed by atoms with Gasteiger partial charge in [0, 0.05) is 12.7 Å². The van der Waals surface area contributed by atoms with Crippen LogP contribution in [0, 0.1) is 0 Å². The number of rotatable bonds is 3. The van der Waals surface area contributed by atoms with Gasteiger partial charge in [-0.2, -0.15) is 0 Å². The van der Waals surface area contributed by atoms with Gasteiger partial charge in [0.2, 0.25) is 0 Å². The fourth-order valence-corrected chi connectivity index (χ4v) is 2.20. The number of nitrogens with one attached hydrogen (secondary N) is 1. The Hall–Kier alpha value is -2.30. The molecule has 1 heterocycles. The highest BCUT2D eigenvalue weighted by Crippen LogP contribution is 2.30. The highest BCUT2D eigenvalue weighted by Gasteiger charge is 2.34. The van der Waals surface area contributed by atoms with E-state index < -0.39 is 12.0 Å². The number of urea groups is 1. The van der Waals surface area contributed by atoms with Crippen LogP contribution in [-0.4, -0.2) is 30.6 Å². The lowest BCUT2D eigenvalue weighted by Crippen LogP contribution is -2.46. The summed E-state index contributed by atoms with van der Waals surface area (Å²) < 4.78 is 5.11. The molecule has 5 heteroatoms. The first-order valence-corrected chi connectivity index (χ1v) is 6.53. The third-order valence-electron chi connectivity index (χ3n) is 3.38. The molecule has 0 saturated heterocycles. The summed E-state index contributed by atoms with van der Waals surface area (Å²) in [5.74, 6) is -0.397. The Balaban J connectivity index is 2.48. The van der Waals surface area contributed by atoms with E-state index in [1.807, 2.05) is 30.3 Å². The number of allylic oxidation sites excluding steroid dienone is 1. The molecule has 20 heavy (non-hydrogen) atoms. The largest absolute Gasteiger partial charge is 0.463 e. The lowest BCUT2D eigenvalue weighted by molar-refractivity contribution is -0.139. The molecular formula is C15H18N2O3. The van der Waals surface area contributed by atoms with E-state index in [1.165, 1.54) is 4.90 Å². The van der Waals surface area contributed by atoms with Crippen LogP contribution >= 0.6 is 0 Å². The van der Waals surface area contributed by atoms with Crippen molar-refractivity contribution in [2.75, 3.05) is 13.7 Å². The summed E-state index contributed by atoms with van der Waals surface area (Å²) in [5, 5.41) is 2.83. The molecule has 0 saturated carbocycles. The molecule has 1 aliphatic heterocycles. The number of hydrogen-bond donors (Lipinski definition) is 1. The zero-order valence-electron chi connectivity index (χ0n) is 11.8. The monoisotopic (exact) mass is 274 g/mol. The van der Waals surface area contributed by atoms with Crippen LogP contribution in [0.2, 0.25) is 0 Å². The van der Waals surface area contributed by atoms with Gasteiger partial charge in [-0.3, -0.25) is 0 Å². The molecule has 0 spiro atoms. The number of carbonyl (C=O) groups is 2.